The molecule has 88 valence electrons. The van der Waals surface area contributed by atoms with Gasteiger partial charge in [0.15, 0.2) is 0 Å². The van der Waals surface area contributed by atoms with Crippen molar-refractivity contribution < 1.29 is 9.53 Å². The fourth-order valence-corrected chi connectivity index (χ4v) is 2.22. The van der Waals surface area contributed by atoms with E-state index in [1.807, 2.05) is 6.92 Å². The summed E-state index contributed by atoms with van der Waals surface area (Å²) in [7, 11) is 0. The molecule has 0 aromatic rings. The molecule has 0 bridgehead atoms. The van der Waals surface area contributed by atoms with Gasteiger partial charge in [-0.2, -0.15) is 0 Å². The normalized spacial score (nSPS) is 28.3. The van der Waals surface area contributed by atoms with Crippen molar-refractivity contribution in [2.24, 2.45) is 0 Å². The molecular weight excluding hydrogens is 190 g/mol. The maximum atomic E-state index is 10.7. The molecule has 0 aliphatic carbocycles. The van der Waals surface area contributed by atoms with E-state index in [9.17, 15) is 4.79 Å². The van der Waals surface area contributed by atoms with Crippen molar-refractivity contribution in [1.29, 1.82) is 0 Å². The van der Waals surface area contributed by atoms with Gasteiger partial charge in [0.1, 0.15) is 6.29 Å². The maximum absolute atomic E-state index is 10.7. The molecular formula is C12H23NO2. The summed E-state index contributed by atoms with van der Waals surface area (Å²) in [6, 6.07) is 0. The molecule has 1 heterocycles. The lowest BCUT2D eigenvalue weighted by Gasteiger charge is -2.34. The summed E-state index contributed by atoms with van der Waals surface area (Å²) in [6.45, 7) is 11.2. The highest BCUT2D eigenvalue weighted by Crippen LogP contribution is 2.32. The monoisotopic (exact) mass is 213 g/mol. The Hall–Kier alpha value is -0.410. The highest BCUT2D eigenvalue weighted by atomic mass is 16.5. The minimum absolute atomic E-state index is 0.168. The molecule has 0 N–H and O–H groups in total. The van der Waals surface area contributed by atoms with Crippen molar-refractivity contribution in [3.05, 3.63) is 0 Å². The third-order valence-electron chi connectivity index (χ3n) is 3.17. The van der Waals surface area contributed by atoms with Crippen molar-refractivity contribution in [1.82, 2.24) is 4.90 Å². The van der Waals surface area contributed by atoms with Crippen LogP contribution in [-0.4, -0.2) is 42.0 Å². The van der Waals surface area contributed by atoms with E-state index in [1.165, 1.54) is 0 Å². The number of hydrogen-bond donors (Lipinski definition) is 0. The quantitative estimate of drug-likeness (QED) is 0.668. The Morgan fingerprint density at radius 3 is 2.53 bits per heavy atom. The zero-order chi connectivity index (χ0) is 11.5. The Morgan fingerprint density at radius 1 is 1.47 bits per heavy atom. The van der Waals surface area contributed by atoms with E-state index in [-0.39, 0.29) is 11.1 Å². The molecule has 1 atom stereocenters. The van der Waals surface area contributed by atoms with E-state index in [2.05, 4.69) is 25.7 Å². The lowest BCUT2D eigenvalue weighted by atomic mass is 9.99. The van der Waals surface area contributed by atoms with Gasteiger partial charge < -0.3 is 9.53 Å². The second kappa shape index (κ2) is 4.62. The van der Waals surface area contributed by atoms with E-state index in [0.717, 1.165) is 25.8 Å². The van der Waals surface area contributed by atoms with Crippen LogP contribution in [0.4, 0.5) is 0 Å². The molecule has 1 fully saturated rings. The molecule has 0 aromatic carbocycles. The van der Waals surface area contributed by atoms with Gasteiger partial charge in [-0.05, 0) is 34.1 Å². The predicted octanol–water partition coefficient (Wildman–Crippen LogP) is 1.85. The van der Waals surface area contributed by atoms with Crippen LogP contribution >= 0.6 is 0 Å². The zero-order valence-electron chi connectivity index (χ0n) is 10.4. The molecule has 1 saturated heterocycles. The van der Waals surface area contributed by atoms with Crippen LogP contribution in [0, 0.1) is 0 Å². The first-order chi connectivity index (χ1) is 6.93. The Morgan fingerprint density at radius 2 is 2.13 bits per heavy atom. The number of nitrogens with zero attached hydrogens (tertiary/aromatic N) is 1. The van der Waals surface area contributed by atoms with Crippen LogP contribution in [-0.2, 0) is 9.53 Å². The van der Waals surface area contributed by atoms with E-state index in [1.54, 1.807) is 0 Å². The fraction of sp³-hybridized carbons (Fsp3) is 0.917. The summed E-state index contributed by atoms with van der Waals surface area (Å²) in [5.41, 5.74) is -0.0501. The highest BCUT2D eigenvalue weighted by molar-refractivity contribution is 5.51. The highest BCUT2D eigenvalue weighted by Gasteiger charge is 2.41. The summed E-state index contributed by atoms with van der Waals surface area (Å²) < 4.78 is 5.78. The average molecular weight is 213 g/mol. The van der Waals surface area contributed by atoms with Gasteiger partial charge in [-0.1, -0.05) is 0 Å². The van der Waals surface area contributed by atoms with Gasteiger partial charge >= 0.3 is 0 Å². The van der Waals surface area contributed by atoms with Crippen molar-refractivity contribution in [2.75, 3.05) is 19.7 Å². The standard InChI is InChI=1S/C12H23NO2/c1-5-15-12(7-9-14)6-8-13(10-12)11(2,3)4/h9H,5-8,10H2,1-4H3. The van der Waals surface area contributed by atoms with Crippen LogP contribution in [0.2, 0.25) is 0 Å². The number of rotatable bonds is 4. The van der Waals surface area contributed by atoms with Crippen LogP contribution < -0.4 is 0 Å². The Bertz CT molecular complexity index is 222. The van der Waals surface area contributed by atoms with Crippen LogP contribution in [0.25, 0.3) is 0 Å². The number of aldehydes is 1. The van der Waals surface area contributed by atoms with Crippen molar-refractivity contribution in [3.63, 3.8) is 0 Å². The average Bonchev–Trinajstić information content (AvgIpc) is 2.50. The molecule has 1 unspecified atom stereocenters. The number of likely N-dealkylation sites (tertiary alicyclic amines) is 1. The van der Waals surface area contributed by atoms with E-state index < -0.39 is 0 Å². The zero-order valence-corrected chi connectivity index (χ0v) is 10.4. The maximum Gasteiger partial charge on any atom is 0.122 e. The topological polar surface area (TPSA) is 29.5 Å². The summed E-state index contributed by atoms with van der Waals surface area (Å²) in [6.07, 6.45) is 2.48. The van der Waals surface area contributed by atoms with Crippen molar-refractivity contribution in [2.45, 2.75) is 51.7 Å². The third kappa shape index (κ3) is 3.02. The van der Waals surface area contributed by atoms with E-state index in [4.69, 9.17) is 4.74 Å². The van der Waals surface area contributed by atoms with Crippen LogP contribution in [0.3, 0.4) is 0 Å². The SMILES string of the molecule is CCOC1(CC=O)CCN(C(C)(C)C)C1. The molecule has 0 radical (unpaired) electrons. The van der Waals surface area contributed by atoms with Gasteiger partial charge in [0.2, 0.25) is 0 Å². The number of ether oxygens (including phenoxy) is 1. The molecule has 0 aromatic heterocycles. The van der Waals surface area contributed by atoms with Gasteiger partial charge in [0.25, 0.3) is 0 Å². The van der Waals surface area contributed by atoms with Crippen molar-refractivity contribution in [3.8, 4) is 0 Å². The minimum Gasteiger partial charge on any atom is -0.373 e. The lowest BCUT2D eigenvalue weighted by Crippen LogP contribution is -2.44. The molecule has 15 heavy (non-hydrogen) atoms. The van der Waals surface area contributed by atoms with Gasteiger partial charge in [-0.3, -0.25) is 4.90 Å². The molecule has 3 nitrogen and oxygen atoms in total. The molecule has 1 aliphatic rings. The largest absolute Gasteiger partial charge is 0.373 e. The Labute approximate surface area is 92.8 Å². The van der Waals surface area contributed by atoms with Gasteiger partial charge in [0.05, 0.1) is 5.60 Å². The van der Waals surface area contributed by atoms with Crippen LogP contribution in [0.5, 0.6) is 0 Å². The lowest BCUT2D eigenvalue weighted by molar-refractivity contribution is -0.115. The predicted molar refractivity (Wildman–Crippen MR) is 61.0 cm³/mol. The Kier molecular flexibility index (Phi) is 3.90. The van der Waals surface area contributed by atoms with Crippen molar-refractivity contribution >= 4 is 6.29 Å². The number of carbonyl (C=O) groups is 1. The first-order valence-corrected chi connectivity index (χ1v) is 5.76. The van der Waals surface area contributed by atoms with Gasteiger partial charge in [0, 0.05) is 31.7 Å². The second-order valence-electron chi connectivity index (χ2n) is 5.33. The summed E-state index contributed by atoms with van der Waals surface area (Å²) >= 11 is 0. The molecule has 1 rings (SSSR count). The molecule has 0 spiro atoms. The Balaban J connectivity index is 2.67. The second-order valence-corrected chi connectivity index (χ2v) is 5.33. The van der Waals surface area contributed by atoms with Gasteiger partial charge in [-0.25, -0.2) is 0 Å². The smallest absolute Gasteiger partial charge is 0.122 e. The summed E-state index contributed by atoms with van der Waals surface area (Å²) in [5.74, 6) is 0. The summed E-state index contributed by atoms with van der Waals surface area (Å²) in [5, 5.41) is 0. The fourth-order valence-electron chi connectivity index (χ4n) is 2.22. The number of hydrogen-bond acceptors (Lipinski definition) is 3. The first kappa shape index (κ1) is 12.7. The minimum atomic E-state index is -0.218. The van der Waals surface area contributed by atoms with Gasteiger partial charge in [-0.15, -0.1) is 0 Å². The van der Waals surface area contributed by atoms with E-state index >= 15 is 0 Å². The van der Waals surface area contributed by atoms with E-state index in [0.29, 0.717) is 13.0 Å². The van der Waals surface area contributed by atoms with Crippen LogP contribution in [0.15, 0.2) is 0 Å². The molecule has 1 aliphatic heterocycles. The molecule has 0 amide bonds. The molecule has 3 heteroatoms. The number of carbonyl (C=O) groups excluding carboxylic acids is 1. The molecule has 0 saturated carbocycles. The van der Waals surface area contributed by atoms with Crippen LogP contribution in [0.1, 0.15) is 40.5 Å². The third-order valence-corrected chi connectivity index (χ3v) is 3.17. The summed E-state index contributed by atoms with van der Waals surface area (Å²) in [4.78, 5) is 13.1. The first-order valence-electron chi connectivity index (χ1n) is 5.76.